The molecule has 0 aliphatic heterocycles. The molecular formula is C8H18O4. The SMILES string of the molecule is CCC(O)C(O)CC(O)C(C)O. The second-order valence-electron chi connectivity index (χ2n) is 3.09. The maximum absolute atomic E-state index is 9.22. The summed E-state index contributed by atoms with van der Waals surface area (Å²) in [6, 6.07) is 0. The van der Waals surface area contributed by atoms with Gasteiger partial charge in [-0.3, -0.25) is 0 Å². The van der Waals surface area contributed by atoms with Crippen LogP contribution in [0, 0.1) is 0 Å². The van der Waals surface area contributed by atoms with Crippen molar-refractivity contribution < 1.29 is 20.4 Å². The highest BCUT2D eigenvalue weighted by atomic mass is 16.3. The summed E-state index contributed by atoms with van der Waals surface area (Å²) in [5.41, 5.74) is 0. The van der Waals surface area contributed by atoms with Crippen molar-refractivity contribution in [1.29, 1.82) is 0 Å². The van der Waals surface area contributed by atoms with Crippen LogP contribution in [0.25, 0.3) is 0 Å². The Hall–Kier alpha value is -0.160. The van der Waals surface area contributed by atoms with E-state index >= 15 is 0 Å². The molecule has 4 unspecified atom stereocenters. The topological polar surface area (TPSA) is 80.9 Å². The Morgan fingerprint density at radius 3 is 1.75 bits per heavy atom. The molecule has 0 aliphatic carbocycles. The van der Waals surface area contributed by atoms with Crippen LogP contribution >= 0.6 is 0 Å². The lowest BCUT2D eigenvalue weighted by atomic mass is 10.0. The first-order valence-corrected chi connectivity index (χ1v) is 4.21. The number of rotatable bonds is 5. The lowest BCUT2D eigenvalue weighted by Gasteiger charge is -2.20. The lowest BCUT2D eigenvalue weighted by Crippen LogP contribution is -2.33. The Balaban J connectivity index is 3.75. The maximum atomic E-state index is 9.22. The zero-order valence-electron chi connectivity index (χ0n) is 7.51. The van der Waals surface area contributed by atoms with Crippen molar-refractivity contribution in [1.82, 2.24) is 0 Å². The first kappa shape index (κ1) is 11.8. The Bertz CT molecular complexity index is 116. The zero-order valence-corrected chi connectivity index (χ0v) is 7.51. The molecule has 0 saturated carbocycles. The summed E-state index contributed by atoms with van der Waals surface area (Å²) in [7, 11) is 0. The van der Waals surface area contributed by atoms with E-state index in [1.165, 1.54) is 6.92 Å². The van der Waals surface area contributed by atoms with Crippen molar-refractivity contribution in [2.75, 3.05) is 0 Å². The highest BCUT2D eigenvalue weighted by Gasteiger charge is 2.20. The molecule has 0 bridgehead atoms. The van der Waals surface area contributed by atoms with Crippen molar-refractivity contribution in [2.24, 2.45) is 0 Å². The normalized spacial score (nSPS) is 21.5. The summed E-state index contributed by atoms with van der Waals surface area (Å²) in [4.78, 5) is 0. The van der Waals surface area contributed by atoms with E-state index in [1.54, 1.807) is 6.92 Å². The molecule has 4 nitrogen and oxygen atoms in total. The third-order valence-corrected chi connectivity index (χ3v) is 1.90. The van der Waals surface area contributed by atoms with Crippen molar-refractivity contribution in [2.45, 2.75) is 51.1 Å². The molecule has 0 radical (unpaired) electrons. The van der Waals surface area contributed by atoms with Gasteiger partial charge >= 0.3 is 0 Å². The van der Waals surface area contributed by atoms with Gasteiger partial charge in [-0.05, 0) is 13.3 Å². The molecule has 0 heterocycles. The molecular weight excluding hydrogens is 160 g/mol. The van der Waals surface area contributed by atoms with Crippen LogP contribution in [0.1, 0.15) is 26.7 Å². The fraction of sp³-hybridized carbons (Fsp3) is 1.00. The van der Waals surface area contributed by atoms with E-state index in [0.717, 1.165) is 0 Å². The fourth-order valence-corrected chi connectivity index (χ4v) is 0.874. The van der Waals surface area contributed by atoms with Gasteiger partial charge in [0.15, 0.2) is 0 Å². The van der Waals surface area contributed by atoms with Crippen LogP contribution in [-0.2, 0) is 0 Å². The Kier molecular flexibility index (Phi) is 5.41. The van der Waals surface area contributed by atoms with Crippen LogP contribution in [0.2, 0.25) is 0 Å². The second kappa shape index (κ2) is 5.48. The maximum Gasteiger partial charge on any atom is 0.0824 e. The molecule has 4 atom stereocenters. The van der Waals surface area contributed by atoms with Crippen LogP contribution in [0.4, 0.5) is 0 Å². The Morgan fingerprint density at radius 1 is 0.917 bits per heavy atom. The molecule has 0 aromatic rings. The number of hydrogen-bond donors (Lipinski definition) is 4. The van der Waals surface area contributed by atoms with Crippen molar-refractivity contribution in [3.63, 3.8) is 0 Å². The van der Waals surface area contributed by atoms with E-state index in [4.69, 9.17) is 15.3 Å². The molecule has 4 N–H and O–H groups in total. The van der Waals surface area contributed by atoms with E-state index in [9.17, 15) is 5.11 Å². The summed E-state index contributed by atoms with van der Waals surface area (Å²) in [6.07, 6.45) is -3.18. The van der Waals surface area contributed by atoms with Gasteiger partial charge < -0.3 is 20.4 Å². The van der Waals surface area contributed by atoms with Gasteiger partial charge in [0.25, 0.3) is 0 Å². The smallest absolute Gasteiger partial charge is 0.0824 e. The minimum atomic E-state index is -0.971. The quantitative estimate of drug-likeness (QED) is 0.446. The number of aliphatic hydroxyl groups excluding tert-OH is 4. The van der Waals surface area contributed by atoms with Crippen LogP contribution in [-0.4, -0.2) is 44.8 Å². The highest BCUT2D eigenvalue weighted by molar-refractivity contribution is 4.72. The fourth-order valence-electron chi connectivity index (χ4n) is 0.874. The highest BCUT2D eigenvalue weighted by Crippen LogP contribution is 2.08. The van der Waals surface area contributed by atoms with Gasteiger partial charge in [0, 0.05) is 6.42 Å². The average molecular weight is 178 g/mol. The molecule has 0 aromatic heterocycles. The third kappa shape index (κ3) is 4.01. The monoisotopic (exact) mass is 178 g/mol. The van der Waals surface area contributed by atoms with Gasteiger partial charge in [-0.2, -0.15) is 0 Å². The predicted molar refractivity (Wildman–Crippen MR) is 44.6 cm³/mol. The molecule has 0 fully saturated rings. The summed E-state index contributed by atoms with van der Waals surface area (Å²) in [5.74, 6) is 0. The molecule has 0 amide bonds. The minimum Gasteiger partial charge on any atom is -0.391 e. The van der Waals surface area contributed by atoms with Crippen molar-refractivity contribution in [3.8, 4) is 0 Å². The van der Waals surface area contributed by atoms with Crippen LogP contribution < -0.4 is 0 Å². The first-order valence-electron chi connectivity index (χ1n) is 4.21. The second-order valence-corrected chi connectivity index (χ2v) is 3.09. The van der Waals surface area contributed by atoms with E-state index in [0.29, 0.717) is 6.42 Å². The number of hydrogen-bond acceptors (Lipinski definition) is 4. The minimum absolute atomic E-state index is 0.00662. The molecule has 0 aromatic carbocycles. The van der Waals surface area contributed by atoms with Gasteiger partial charge in [0.05, 0.1) is 24.4 Å². The van der Waals surface area contributed by atoms with Crippen molar-refractivity contribution >= 4 is 0 Å². The molecule has 74 valence electrons. The molecule has 0 saturated heterocycles. The first-order chi connectivity index (χ1) is 5.49. The molecule has 4 heteroatoms. The number of aliphatic hydroxyl groups is 4. The van der Waals surface area contributed by atoms with Crippen LogP contribution in [0.5, 0.6) is 0 Å². The average Bonchev–Trinajstić information content (AvgIpc) is 2.02. The van der Waals surface area contributed by atoms with Gasteiger partial charge in [-0.1, -0.05) is 6.92 Å². The summed E-state index contributed by atoms with van der Waals surface area (Å²) in [6.45, 7) is 3.18. The van der Waals surface area contributed by atoms with E-state index < -0.39 is 24.4 Å². The largest absolute Gasteiger partial charge is 0.391 e. The van der Waals surface area contributed by atoms with Crippen LogP contribution in [0.3, 0.4) is 0 Å². The van der Waals surface area contributed by atoms with E-state index in [2.05, 4.69) is 0 Å². The lowest BCUT2D eigenvalue weighted by molar-refractivity contribution is -0.0435. The predicted octanol–water partition coefficient (Wildman–Crippen LogP) is -0.750. The van der Waals surface area contributed by atoms with Crippen LogP contribution in [0.15, 0.2) is 0 Å². The Labute approximate surface area is 72.5 Å². The van der Waals surface area contributed by atoms with Gasteiger partial charge in [0.1, 0.15) is 0 Å². The Morgan fingerprint density at radius 2 is 1.42 bits per heavy atom. The zero-order chi connectivity index (χ0) is 9.72. The summed E-state index contributed by atoms with van der Waals surface area (Å²) < 4.78 is 0. The standard InChI is InChI=1S/C8H18O4/c1-3-6(10)8(12)4-7(11)5(2)9/h5-12H,3-4H2,1-2H3. The molecule has 0 aliphatic rings. The van der Waals surface area contributed by atoms with Crippen molar-refractivity contribution in [3.05, 3.63) is 0 Å². The third-order valence-electron chi connectivity index (χ3n) is 1.90. The molecule has 0 rings (SSSR count). The van der Waals surface area contributed by atoms with Gasteiger partial charge in [-0.15, -0.1) is 0 Å². The molecule has 12 heavy (non-hydrogen) atoms. The van der Waals surface area contributed by atoms with E-state index in [-0.39, 0.29) is 6.42 Å². The summed E-state index contributed by atoms with van der Waals surface area (Å²) in [5, 5.41) is 36.3. The summed E-state index contributed by atoms with van der Waals surface area (Å²) >= 11 is 0. The van der Waals surface area contributed by atoms with Gasteiger partial charge in [0.2, 0.25) is 0 Å². The van der Waals surface area contributed by atoms with E-state index in [1.807, 2.05) is 0 Å². The molecule has 0 spiro atoms. The van der Waals surface area contributed by atoms with Gasteiger partial charge in [-0.25, -0.2) is 0 Å².